The number of aliphatic hydroxyl groups excluding tert-OH is 5. The minimum atomic E-state index is -5.86. The number of rotatable bonds is 18. The normalized spacial score (nSPS) is 26.7. The van der Waals surface area contributed by atoms with Crippen LogP contribution in [0.15, 0.2) is 44.8 Å². The fraction of sp³-hybridized carbons (Fsp3) is 0.914. The van der Waals surface area contributed by atoms with E-state index in [1.165, 1.54) is 19.3 Å². The second kappa shape index (κ2) is 55.7. The average Bonchev–Trinajstić information content (AvgIpc) is 0.792. The summed E-state index contributed by atoms with van der Waals surface area (Å²) in [6.45, 7) is 54.3. The number of ether oxygens (including phenoxy) is 2. The second-order valence-corrected chi connectivity index (χ2v) is 64.1. The SMILES string of the molecule is C.C.CC(C)(C)OC(=O)N[C@H]1[C@@H](O)CCC[C@H]1NC(=O)OC(C)(C)C.CC(C)(C)[Si](C)(C)O[C@@H]1C=CCCC1.CC(C)(C)[Si](C)(C)O[C@H]1CCC[C@@H](N=[N+]=[N-])[C@H]1N=[N+]=[N-].CC(C)(C)[Si](C)(C)O[C@H]1CCC[C@H](O)[C@@H]1O.CC(C)(C)[Si](C)(C)O[C@H]1CCC[C@H](OS(C)(=O)=O)[C@@H]1OS(C)(=O)=O.OC1C=CCCC1.[CH3-].[N-]=[N+]=N[C@H]1[C@@H](O)CCC[C@H]1N=[N+]=[N-].[O]=[Ru](=[O])(=[O])=[O]. The molecule has 125 heavy (non-hydrogen) atoms. The Labute approximate surface area is 755 Å². The van der Waals surface area contributed by atoms with Crippen molar-refractivity contribution >= 4 is 65.7 Å². The van der Waals surface area contributed by atoms with Gasteiger partial charge in [0.15, 0.2) is 33.3 Å². The minimum absolute atomic E-state index is 0. The first-order valence-electron chi connectivity index (χ1n) is 42.2. The summed E-state index contributed by atoms with van der Waals surface area (Å²) in [5.74, 6) is 0. The third kappa shape index (κ3) is 52.3. The molecule has 7 rings (SSSR count). The fourth-order valence-corrected chi connectivity index (χ4v) is 19.3. The van der Waals surface area contributed by atoms with E-state index in [9.17, 15) is 46.9 Å². The van der Waals surface area contributed by atoms with Crippen LogP contribution in [0.5, 0.6) is 0 Å². The molecule has 0 bridgehead atoms. The van der Waals surface area contributed by atoms with Crippen LogP contribution in [-0.2, 0) is 84.7 Å². The van der Waals surface area contributed by atoms with E-state index >= 15 is 0 Å². The zero-order valence-corrected chi connectivity index (χ0v) is 86.5. The topological polar surface area (TPSA) is 565 Å². The van der Waals surface area contributed by atoms with Gasteiger partial charge in [-0.1, -0.05) is 156 Å². The molecule has 2 amide bonds. The molecule has 5 fully saturated rings. The molecule has 0 spiro atoms. The zero-order valence-electron chi connectivity index (χ0n) is 79.1. The van der Waals surface area contributed by atoms with Gasteiger partial charge in [0, 0.05) is 31.7 Å². The Hall–Kier alpha value is -4.59. The summed E-state index contributed by atoms with van der Waals surface area (Å²) in [6.07, 6.45) is 21.8. The van der Waals surface area contributed by atoms with Gasteiger partial charge in [-0.3, -0.25) is 8.37 Å². The molecule has 7 aliphatic carbocycles. The van der Waals surface area contributed by atoms with Crippen LogP contribution < -0.4 is 10.6 Å². The van der Waals surface area contributed by atoms with Crippen LogP contribution in [0.3, 0.4) is 0 Å². The van der Waals surface area contributed by atoms with Gasteiger partial charge in [-0.2, -0.15) is 16.8 Å². The third-order valence-electron chi connectivity index (χ3n) is 23.1. The van der Waals surface area contributed by atoms with Gasteiger partial charge in [-0.05, 0) is 258 Å². The van der Waals surface area contributed by atoms with Crippen molar-refractivity contribution in [3.8, 4) is 0 Å². The Kier molecular flexibility index (Phi) is 56.4. The number of alkyl carbamates (subject to hydrolysis) is 2. The first-order chi connectivity index (χ1) is 55.3. The molecule has 7 N–H and O–H groups in total. The Morgan fingerprint density at radius 3 is 1.17 bits per heavy atom. The summed E-state index contributed by atoms with van der Waals surface area (Å²) in [5, 5.41) is 68.4. The Bertz CT molecular complexity index is 3950. The number of aliphatic hydroxyl groups is 5. The molecule has 0 heterocycles. The molecule has 0 aromatic heterocycles. The van der Waals surface area contributed by atoms with Crippen LogP contribution in [-0.4, -0.2) is 215 Å². The van der Waals surface area contributed by atoms with Crippen LogP contribution in [0.4, 0.5) is 9.59 Å². The van der Waals surface area contributed by atoms with Crippen molar-refractivity contribution in [3.63, 3.8) is 0 Å². The van der Waals surface area contributed by atoms with E-state index in [0.717, 1.165) is 76.7 Å². The zero-order chi connectivity index (χ0) is 94.9. The van der Waals surface area contributed by atoms with Crippen molar-refractivity contribution in [1.82, 2.24) is 10.6 Å². The summed E-state index contributed by atoms with van der Waals surface area (Å²) in [7, 11) is -15.0. The van der Waals surface area contributed by atoms with Gasteiger partial charge in [0.1, 0.15) is 29.5 Å². The molecule has 44 heteroatoms. The van der Waals surface area contributed by atoms with Gasteiger partial charge in [0.05, 0.1) is 85.5 Å². The Morgan fingerprint density at radius 1 is 0.424 bits per heavy atom. The number of hydrogen-bond donors (Lipinski definition) is 7. The van der Waals surface area contributed by atoms with Crippen LogP contribution in [0, 0.1) is 7.43 Å². The van der Waals surface area contributed by atoms with Gasteiger partial charge in [0.25, 0.3) is 20.2 Å². The van der Waals surface area contributed by atoms with E-state index in [-0.39, 0.29) is 61.7 Å². The third-order valence-corrected chi connectivity index (χ3v) is 42.3. The molecule has 5 saturated carbocycles. The quantitative estimate of drug-likeness (QED) is 0.0127. The van der Waals surface area contributed by atoms with Crippen molar-refractivity contribution in [2.24, 2.45) is 20.5 Å². The van der Waals surface area contributed by atoms with E-state index in [1.54, 1.807) is 41.5 Å². The van der Waals surface area contributed by atoms with Crippen LogP contribution in [0.25, 0.3) is 41.8 Å². The van der Waals surface area contributed by atoms with Gasteiger partial charge < -0.3 is 70.8 Å². The Morgan fingerprint density at radius 2 is 0.768 bits per heavy atom. The van der Waals surface area contributed by atoms with Crippen LogP contribution >= 0.6 is 0 Å². The summed E-state index contributed by atoms with van der Waals surface area (Å²) in [6, 6.07) is -2.69. The van der Waals surface area contributed by atoms with Crippen LogP contribution in [0.1, 0.15) is 274 Å². The monoisotopic (exact) mass is 1980 g/mol. The summed E-state index contributed by atoms with van der Waals surface area (Å²) < 4.78 is 127. The van der Waals surface area contributed by atoms with Gasteiger partial charge >= 0.3 is 41.1 Å². The molecule has 0 aromatic carbocycles. The van der Waals surface area contributed by atoms with Crippen molar-refractivity contribution in [1.29, 1.82) is 0 Å². The standard InChI is InChI=1S/C16H30N2O5.C14H30O7S2Si.C12H24N6OSi.C12H26O3Si.C12H24OSi.C6H10N6O.C6H10O.2CH4.CH3.4O.Ru/c1-15(2,3)22-13(20)17-10-8-7-9-11(19)12(10)18-14(21)23-16(4,5)6;1-14(2,3)24(6,7)21-12-10-8-9-11(19-22(4,15)16)13(12)20-23(5,17)18;1-12(2,3)20(4,5)19-10-8-6-7-9(15-17-13)11(10)16-18-14;1-12(2,3)16(4,5)15-10-8-6-7-9(13)11(10)14;1-12(2,3)14(4,5)13-11-9-7-6-8-10-11;7-11-9-4-2-1-3-5(13)6(4)10-12-8;7-6-4-2-1-3-5-6;;;;;;;;/h10-12,19H,7-9H2,1-6H3,(H,17,20)(H,18,21);11-13H,8-10H2,1-7H3;9-11H,6-8H2,1-5H3;9-11,13-14H,6-8H2,1-5H3;7,9,11H,6,8,10H2,1-5H3;4-6,13H,1-3H2;2,4,6-7H,1,3,5H2;2*1H4;1H3;;;;;/q;;;;;;;;;-1;;;;;/t10-,11+,12-;11-,12-,13-;9-,10+,11-;9-,10-,11-;11-;4-,5+,6-;;;;;;;;;/m101011........./s1. The molecule has 1 unspecified atom stereocenters. The second-order valence-electron chi connectivity index (χ2n) is 40.1. The summed E-state index contributed by atoms with van der Waals surface area (Å²) in [5.41, 5.74) is 32.6. The number of azide groups is 4. The van der Waals surface area contributed by atoms with Gasteiger partial charge in [-0.15, -0.1) is 0 Å². The van der Waals surface area contributed by atoms with E-state index < -0.39 is 164 Å². The molecule has 17 atom stereocenters. The summed E-state index contributed by atoms with van der Waals surface area (Å²) in [4.78, 5) is 34.9. The predicted octanol–water partition coefficient (Wildman–Crippen LogP) is 20.1. The fourth-order valence-electron chi connectivity index (χ4n) is 12.6. The number of hydrogen-bond acceptors (Lipinski definition) is 27. The average molecular weight is 1980 g/mol. The molecule has 0 saturated heterocycles. The number of nitrogens with zero attached hydrogens (tertiary/aromatic N) is 12. The van der Waals surface area contributed by atoms with Crippen molar-refractivity contribution in [2.75, 3.05) is 12.5 Å². The number of nitrogens with one attached hydrogen (secondary N) is 2. The van der Waals surface area contributed by atoms with E-state index in [1.807, 2.05) is 12.2 Å². The number of carbonyl (C=O) groups excluding carboxylic acids is 2. The molecular formula is C81H165N14O23RuS2Si4-. The maximum atomic E-state index is 11.9. The first kappa shape index (κ1) is 127. The van der Waals surface area contributed by atoms with Gasteiger partial charge in [-0.25, -0.2) is 9.59 Å². The van der Waals surface area contributed by atoms with Crippen molar-refractivity contribution < 1.29 is 116 Å². The molecule has 0 radical (unpaired) electrons. The molecular weight excluding hydrogens is 1810 g/mol. The van der Waals surface area contributed by atoms with E-state index in [4.69, 9.17) is 77.1 Å². The van der Waals surface area contributed by atoms with Gasteiger partial charge in [0.2, 0.25) is 0 Å². The maximum absolute atomic E-state index is 11.9. The Balaban J connectivity index is -0.000000687. The molecule has 0 aromatic rings. The number of amides is 2. The molecule has 0 aliphatic heterocycles. The number of allylic oxidation sites excluding steroid dienone is 2. The van der Waals surface area contributed by atoms with E-state index in [2.05, 4.69) is 198 Å². The van der Waals surface area contributed by atoms with Crippen LogP contribution in [0.2, 0.25) is 72.5 Å². The number of carbonyl (C=O) groups is 2. The predicted molar refractivity (Wildman–Crippen MR) is 494 cm³/mol. The first-order valence-corrected chi connectivity index (χ1v) is 60.3. The van der Waals surface area contributed by atoms with Crippen molar-refractivity contribution in [2.45, 2.75) is 461 Å². The molecule has 7 aliphatic rings. The van der Waals surface area contributed by atoms with Crippen molar-refractivity contribution in [3.05, 3.63) is 73.5 Å². The molecule has 734 valence electrons. The van der Waals surface area contributed by atoms with E-state index in [0.29, 0.717) is 62.5 Å². The summed E-state index contributed by atoms with van der Waals surface area (Å²) >= 11 is -5.86. The molecule has 37 nitrogen and oxygen atoms in total.